The van der Waals surface area contributed by atoms with Crippen molar-refractivity contribution in [1.29, 1.82) is 0 Å². The minimum atomic E-state index is 0.561. The zero-order valence-corrected chi connectivity index (χ0v) is 14.4. The molecular formula is C18H26N6. The van der Waals surface area contributed by atoms with Crippen LogP contribution in [0, 0.1) is 0 Å². The number of likely N-dealkylation sites (tertiary alicyclic amines) is 1. The van der Waals surface area contributed by atoms with Crippen LogP contribution in [0.2, 0.25) is 0 Å². The predicted octanol–water partition coefficient (Wildman–Crippen LogP) is 2.11. The van der Waals surface area contributed by atoms with Crippen molar-refractivity contribution in [3.8, 4) is 0 Å². The van der Waals surface area contributed by atoms with Crippen LogP contribution in [0.5, 0.6) is 0 Å². The van der Waals surface area contributed by atoms with E-state index in [2.05, 4.69) is 37.6 Å². The van der Waals surface area contributed by atoms with E-state index in [9.17, 15) is 0 Å². The topological polar surface area (TPSA) is 50.1 Å². The SMILES string of the molecule is CN(c1ccncn1)C1CCN(Cc2cn3c(n2)CCCC3)CC1. The molecule has 0 atom stereocenters. The Balaban J connectivity index is 1.32. The first-order valence-electron chi connectivity index (χ1n) is 9.06. The zero-order valence-electron chi connectivity index (χ0n) is 14.4. The zero-order chi connectivity index (χ0) is 16.4. The molecule has 0 unspecified atom stereocenters. The summed E-state index contributed by atoms with van der Waals surface area (Å²) in [5.41, 5.74) is 1.24. The summed E-state index contributed by atoms with van der Waals surface area (Å²) < 4.78 is 2.36. The largest absolute Gasteiger partial charge is 0.356 e. The molecule has 0 aliphatic carbocycles. The number of aryl methyl sites for hydroxylation is 2. The maximum atomic E-state index is 4.84. The first-order valence-corrected chi connectivity index (χ1v) is 9.06. The Bertz CT molecular complexity index is 636. The van der Waals surface area contributed by atoms with Crippen molar-refractivity contribution in [2.24, 2.45) is 0 Å². The number of nitrogens with zero attached hydrogens (tertiary/aromatic N) is 6. The molecule has 6 heteroatoms. The summed E-state index contributed by atoms with van der Waals surface area (Å²) in [5.74, 6) is 2.31. The first kappa shape index (κ1) is 15.6. The van der Waals surface area contributed by atoms with Crippen molar-refractivity contribution < 1.29 is 0 Å². The molecule has 2 aliphatic heterocycles. The molecule has 4 heterocycles. The number of hydrogen-bond donors (Lipinski definition) is 0. The summed E-state index contributed by atoms with van der Waals surface area (Å²) in [7, 11) is 2.14. The molecule has 4 rings (SSSR count). The lowest BCUT2D eigenvalue weighted by atomic mass is 10.0. The lowest BCUT2D eigenvalue weighted by Gasteiger charge is -2.37. The summed E-state index contributed by atoms with van der Waals surface area (Å²) in [6.07, 6.45) is 11.8. The van der Waals surface area contributed by atoms with Gasteiger partial charge in [-0.2, -0.15) is 0 Å². The Morgan fingerprint density at radius 3 is 2.83 bits per heavy atom. The smallest absolute Gasteiger partial charge is 0.131 e. The van der Waals surface area contributed by atoms with Gasteiger partial charge in [-0.1, -0.05) is 0 Å². The Kier molecular flexibility index (Phi) is 4.47. The average molecular weight is 326 g/mol. The molecule has 2 aromatic heterocycles. The maximum Gasteiger partial charge on any atom is 0.131 e. The Morgan fingerprint density at radius 2 is 2.08 bits per heavy atom. The highest BCUT2D eigenvalue weighted by molar-refractivity contribution is 5.36. The van der Waals surface area contributed by atoms with Crippen LogP contribution in [-0.4, -0.2) is 50.6 Å². The van der Waals surface area contributed by atoms with Gasteiger partial charge in [0.05, 0.1) is 5.69 Å². The lowest BCUT2D eigenvalue weighted by molar-refractivity contribution is 0.201. The van der Waals surface area contributed by atoms with Crippen LogP contribution in [0.1, 0.15) is 37.2 Å². The highest BCUT2D eigenvalue weighted by Gasteiger charge is 2.24. The molecule has 0 bridgehead atoms. The molecule has 0 amide bonds. The van der Waals surface area contributed by atoms with Gasteiger partial charge in [-0.15, -0.1) is 0 Å². The average Bonchev–Trinajstić information content (AvgIpc) is 3.05. The summed E-state index contributed by atoms with van der Waals surface area (Å²) in [6, 6.07) is 2.55. The molecule has 0 aromatic carbocycles. The number of anilines is 1. The fraction of sp³-hybridized carbons (Fsp3) is 0.611. The van der Waals surface area contributed by atoms with Crippen LogP contribution in [0.25, 0.3) is 0 Å². The molecule has 0 N–H and O–H groups in total. The van der Waals surface area contributed by atoms with Gasteiger partial charge in [0.25, 0.3) is 0 Å². The van der Waals surface area contributed by atoms with Gasteiger partial charge in [-0.05, 0) is 31.7 Å². The van der Waals surface area contributed by atoms with Crippen LogP contribution in [0.15, 0.2) is 24.8 Å². The van der Waals surface area contributed by atoms with Gasteiger partial charge in [-0.3, -0.25) is 4.90 Å². The molecule has 0 spiro atoms. The molecular weight excluding hydrogens is 300 g/mol. The second-order valence-electron chi connectivity index (χ2n) is 6.98. The molecule has 0 radical (unpaired) electrons. The quantitative estimate of drug-likeness (QED) is 0.861. The first-order chi connectivity index (χ1) is 11.8. The summed E-state index contributed by atoms with van der Waals surface area (Å²) >= 11 is 0. The van der Waals surface area contributed by atoms with Crippen molar-refractivity contribution in [2.75, 3.05) is 25.0 Å². The van der Waals surface area contributed by atoms with Crippen molar-refractivity contribution in [3.63, 3.8) is 0 Å². The van der Waals surface area contributed by atoms with Crippen LogP contribution >= 0.6 is 0 Å². The summed E-state index contributed by atoms with van der Waals surface area (Å²) in [6.45, 7) is 4.39. The number of hydrogen-bond acceptors (Lipinski definition) is 5. The van der Waals surface area contributed by atoms with Crippen LogP contribution in [-0.2, 0) is 19.5 Å². The van der Waals surface area contributed by atoms with E-state index in [-0.39, 0.29) is 0 Å². The minimum absolute atomic E-state index is 0.561. The van der Waals surface area contributed by atoms with Crippen LogP contribution < -0.4 is 4.90 Å². The van der Waals surface area contributed by atoms with Crippen LogP contribution in [0.3, 0.4) is 0 Å². The van der Waals surface area contributed by atoms with Gasteiger partial charge in [0.2, 0.25) is 0 Å². The second kappa shape index (κ2) is 6.89. The fourth-order valence-corrected chi connectivity index (χ4v) is 3.92. The highest BCUT2D eigenvalue weighted by atomic mass is 15.2. The van der Waals surface area contributed by atoms with Crippen molar-refractivity contribution in [1.82, 2.24) is 24.4 Å². The van der Waals surface area contributed by atoms with E-state index >= 15 is 0 Å². The molecule has 2 aromatic rings. The lowest BCUT2D eigenvalue weighted by Crippen LogP contribution is -2.43. The van der Waals surface area contributed by atoms with E-state index < -0.39 is 0 Å². The van der Waals surface area contributed by atoms with E-state index in [1.807, 2.05) is 12.3 Å². The van der Waals surface area contributed by atoms with Crippen molar-refractivity contribution >= 4 is 5.82 Å². The monoisotopic (exact) mass is 326 g/mol. The normalized spacial score (nSPS) is 19.2. The summed E-state index contributed by atoms with van der Waals surface area (Å²) in [5, 5.41) is 0. The number of imidazole rings is 1. The maximum absolute atomic E-state index is 4.84. The third-order valence-corrected chi connectivity index (χ3v) is 5.38. The van der Waals surface area contributed by atoms with E-state index in [4.69, 9.17) is 4.98 Å². The van der Waals surface area contributed by atoms with E-state index in [1.165, 1.54) is 37.2 Å². The Labute approximate surface area is 143 Å². The van der Waals surface area contributed by atoms with E-state index in [0.717, 1.165) is 38.4 Å². The van der Waals surface area contributed by atoms with E-state index in [0.29, 0.717) is 6.04 Å². The predicted molar refractivity (Wildman–Crippen MR) is 93.9 cm³/mol. The Morgan fingerprint density at radius 1 is 1.21 bits per heavy atom. The molecule has 1 fully saturated rings. The Hall–Kier alpha value is -1.95. The molecule has 2 aliphatic rings. The molecule has 128 valence electrons. The van der Waals surface area contributed by atoms with Crippen molar-refractivity contribution in [2.45, 2.75) is 51.2 Å². The third-order valence-electron chi connectivity index (χ3n) is 5.38. The third kappa shape index (κ3) is 3.29. The van der Waals surface area contributed by atoms with Gasteiger partial charge in [-0.25, -0.2) is 15.0 Å². The van der Waals surface area contributed by atoms with Gasteiger partial charge in [0.15, 0.2) is 0 Å². The van der Waals surface area contributed by atoms with Gasteiger partial charge >= 0.3 is 0 Å². The number of fused-ring (bicyclic) bond motifs is 1. The standard InChI is InChI=1S/C18H26N6/c1-22(17-5-8-19-14-20-17)16-6-10-23(11-7-16)12-15-13-24-9-3-2-4-18(24)21-15/h5,8,13-14,16H,2-4,6-7,9-12H2,1H3. The van der Waals surface area contributed by atoms with Crippen LogP contribution in [0.4, 0.5) is 5.82 Å². The van der Waals surface area contributed by atoms with Crippen molar-refractivity contribution in [3.05, 3.63) is 36.3 Å². The molecule has 6 nitrogen and oxygen atoms in total. The molecule has 1 saturated heterocycles. The van der Waals surface area contributed by atoms with Gasteiger partial charge in [0.1, 0.15) is 18.0 Å². The fourth-order valence-electron chi connectivity index (χ4n) is 3.92. The minimum Gasteiger partial charge on any atom is -0.356 e. The molecule has 0 saturated carbocycles. The number of aromatic nitrogens is 4. The summed E-state index contributed by atoms with van der Waals surface area (Å²) in [4.78, 5) is 18.1. The second-order valence-corrected chi connectivity index (χ2v) is 6.98. The van der Waals surface area contributed by atoms with E-state index in [1.54, 1.807) is 6.33 Å². The molecule has 24 heavy (non-hydrogen) atoms. The van der Waals surface area contributed by atoms with Gasteiger partial charge < -0.3 is 9.47 Å². The number of rotatable bonds is 4. The van der Waals surface area contributed by atoms with Gasteiger partial charge in [0, 0.05) is 58.1 Å². The highest BCUT2D eigenvalue weighted by Crippen LogP contribution is 2.22. The number of piperidine rings is 1.